The quantitative estimate of drug-likeness (QED) is 0.616. The van der Waals surface area contributed by atoms with E-state index in [1.54, 1.807) is 0 Å². The predicted molar refractivity (Wildman–Crippen MR) is 49.0 cm³/mol. The monoisotopic (exact) mass is 173 g/mol. The fraction of sp³-hybridized carbons (Fsp3) is 0.889. The van der Waals surface area contributed by atoms with Crippen molar-refractivity contribution in [1.29, 1.82) is 0 Å². The zero-order chi connectivity index (χ0) is 9.40. The standard InChI is InChI=1S/C9H19NO2/c1-4-6-10-8(5-2)7-9(11)12-3/h8,10H,4-7H2,1-3H3. The van der Waals surface area contributed by atoms with Gasteiger partial charge in [0.25, 0.3) is 0 Å². The minimum Gasteiger partial charge on any atom is -0.469 e. The molecule has 0 bridgehead atoms. The molecule has 72 valence electrons. The maximum Gasteiger partial charge on any atom is 0.307 e. The van der Waals surface area contributed by atoms with Gasteiger partial charge in [-0.05, 0) is 19.4 Å². The lowest BCUT2D eigenvalue weighted by Gasteiger charge is -2.14. The third-order valence-electron chi connectivity index (χ3n) is 1.82. The number of carbonyl (C=O) groups is 1. The molecule has 0 rings (SSSR count). The van der Waals surface area contributed by atoms with Crippen LogP contribution in [0.25, 0.3) is 0 Å². The summed E-state index contributed by atoms with van der Waals surface area (Å²) in [5, 5.41) is 3.28. The van der Waals surface area contributed by atoms with Crippen LogP contribution in [0.4, 0.5) is 0 Å². The third-order valence-corrected chi connectivity index (χ3v) is 1.82. The summed E-state index contributed by atoms with van der Waals surface area (Å²) in [4.78, 5) is 10.9. The molecule has 0 aromatic rings. The Balaban J connectivity index is 3.59. The van der Waals surface area contributed by atoms with Crippen molar-refractivity contribution in [3.63, 3.8) is 0 Å². The molecule has 0 aliphatic rings. The van der Waals surface area contributed by atoms with Crippen molar-refractivity contribution in [3.05, 3.63) is 0 Å². The molecule has 1 unspecified atom stereocenters. The topological polar surface area (TPSA) is 38.3 Å². The van der Waals surface area contributed by atoms with Crippen LogP contribution in [0.5, 0.6) is 0 Å². The maximum absolute atomic E-state index is 10.9. The number of carbonyl (C=O) groups excluding carboxylic acids is 1. The molecular weight excluding hydrogens is 154 g/mol. The van der Waals surface area contributed by atoms with E-state index < -0.39 is 0 Å². The van der Waals surface area contributed by atoms with Gasteiger partial charge in [-0.15, -0.1) is 0 Å². The van der Waals surface area contributed by atoms with Crippen LogP contribution in [0.15, 0.2) is 0 Å². The van der Waals surface area contributed by atoms with E-state index in [0.29, 0.717) is 6.42 Å². The van der Waals surface area contributed by atoms with Gasteiger partial charge >= 0.3 is 5.97 Å². The van der Waals surface area contributed by atoms with Crippen molar-refractivity contribution < 1.29 is 9.53 Å². The normalized spacial score (nSPS) is 12.6. The first-order chi connectivity index (χ1) is 5.74. The Morgan fingerprint density at radius 1 is 1.50 bits per heavy atom. The minimum absolute atomic E-state index is 0.134. The molecule has 1 N–H and O–H groups in total. The molecule has 12 heavy (non-hydrogen) atoms. The summed E-state index contributed by atoms with van der Waals surface area (Å²) < 4.78 is 4.58. The van der Waals surface area contributed by atoms with Gasteiger partial charge in [0.15, 0.2) is 0 Å². The Hall–Kier alpha value is -0.570. The highest BCUT2D eigenvalue weighted by molar-refractivity contribution is 5.69. The number of methoxy groups -OCH3 is 1. The fourth-order valence-electron chi connectivity index (χ4n) is 0.994. The van der Waals surface area contributed by atoms with Crippen LogP contribution >= 0.6 is 0 Å². The molecule has 0 heterocycles. The van der Waals surface area contributed by atoms with Gasteiger partial charge in [0, 0.05) is 6.04 Å². The molecule has 0 aromatic heterocycles. The van der Waals surface area contributed by atoms with Crippen molar-refractivity contribution in [2.75, 3.05) is 13.7 Å². The van der Waals surface area contributed by atoms with E-state index in [4.69, 9.17) is 0 Å². The van der Waals surface area contributed by atoms with Gasteiger partial charge in [0.1, 0.15) is 0 Å². The van der Waals surface area contributed by atoms with Gasteiger partial charge in [-0.1, -0.05) is 13.8 Å². The number of hydrogen-bond donors (Lipinski definition) is 1. The number of hydrogen-bond acceptors (Lipinski definition) is 3. The number of nitrogens with one attached hydrogen (secondary N) is 1. The smallest absolute Gasteiger partial charge is 0.307 e. The van der Waals surface area contributed by atoms with Crippen LogP contribution in [0.2, 0.25) is 0 Å². The lowest BCUT2D eigenvalue weighted by Crippen LogP contribution is -2.31. The van der Waals surface area contributed by atoms with Gasteiger partial charge in [-0.3, -0.25) is 4.79 Å². The Kier molecular flexibility index (Phi) is 6.76. The van der Waals surface area contributed by atoms with E-state index >= 15 is 0 Å². The van der Waals surface area contributed by atoms with Crippen LogP contribution in [0.3, 0.4) is 0 Å². The Morgan fingerprint density at radius 2 is 2.17 bits per heavy atom. The summed E-state index contributed by atoms with van der Waals surface area (Å²) in [6.07, 6.45) is 2.54. The fourth-order valence-corrected chi connectivity index (χ4v) is 0.994. The largest absolute Gasteiger partial charge is 0.469 e. The summed E-state index contributed by atoms with van der Waals surface area (Å²) in [6, 6.07) is 0.275. The van der Waals surface area contributed by atoms with Crippen LogP contribution in [0.1, 0.15) is 33.1 Å². The van der Waals surface area contributed by atoms with E-state index in [1.807, 2.05) is 0 Å². The molecule has 3 nitrogen and oxygen atoms in total. The second-order valence-electron chi connectivity index (χ2n) is 2.84. The molecule has 0 radical (unpaired) electrons. The molecule has 0 saturated heterocycles. The first-order valence-corrected chi connectivity index (χ1v) is 4.54. The van der Waals surface area contributed by atoms with E-state index in [2.05, 4.69) is 23.9 Å². The van der Waals surface area contributed by atoms with Gasteiger partial charge in [-0.25, -0.2) is 0 Å². The molecule has 0 aromatic carbocycles. The summed E-state index contributed by atoms with van der Waals surface area (Å²) in [5.74, 6) is -0.134. The van der Waals surface area contributed by atoms with E-state index in [1.165, 1.54) is 7.11 Å². The van der Waals surface area contributed by atoms with Crippen LogP contribution in [-0.2, 0) is 9.53 Å². The van der Waals surface area contributed by atoms with Gasteiger partial charge in [0.2, 0.25) is 0 Å². The van der Waals surface area contributed by atoms with E-state index in [9.17, 15) is 4.79 Å². The van der Waals surface area contributed by atoms with E-state index in [0.717, 1.165) is 19.4 Å². The first-order valence-electron chi connectivity index (χ1n) is 4.54. The molecule has 1 atom stereocenters. The number of ether oxygens (including phenoxy) is 1. The number of esters is 1. The second kappa shape index (κ2) is 7.10. The highest BCUT2D eigenvalue weighted by Gasteiger charge is 2.10. The van der Waals surface area contributed by atoms with Crippen molar-refractivity contribution in [3.8, 4) is 0 Å². The van der Waals surface area contributed by atoms with E-state index in [-0.39, 0.29) is 12.0 Å². The minimum atomic E-state index is -0.134. The highest BCUT2D eigenvalue weighted by atomic mass is 16.5. The summed E-state index contributed by atoms with van der Waals surface area (Å²) in [5.41, 5.74) is 0. The van der Waals surface area contributed by atoms with Crippen molar-refractivity contribution in [2.24, 2.45) is 0 Å². The molecule has 0 saturated carbocycles. The van der Waals surface area contributed by atoms with Crippen molar-refractivity contribution in [1.82, 2.24) is 5.32 Å². The third kappa shape index (κ3) is 5.13. The lowest BCUT2D eigenvalue weighted by molar-refractivity contribution is -0.141. The van der Waals surface area contributed by atoms with Gasteiger partial charge in [0.05, 0.1) is 13.5 Å². The van der Waals surface area contributed by atoms with Crippen molar-refractivity contribution >= 4 is 5.97 Å². The zero-order valence-corrected chi connectivity index (χ0v) is 8.22. The molecule has 0 aliphatic carbocycles. The highest BCUT2D eigenvalue weighted by Crippen LogP contribution is 1.98. The molecule has 0 aliphatic heterocycles. The molecular formula is C9H19NO2. The molecule has 0 amide bonds. The Bertz CT molecular complexity index is 126. The predicted octanol–water partition coefficient (Wildman–Crippen LogP) is 1.33. The molecule has 0 fully saturated rings. The lowest BCUT2D eigenvalue weighted by atomic mass is 10.1. The van der Waals surface area contributed by atoms with Crippen LogP contribution in [-0.4, -0.2) is 25.7 Å². The van der Waals surface area contributed by atoms with Gasteiger partial charge in [-0.2, -0.15) is 0 Å². The SMILES string of the molecule is CCCNC(CC)CC(=O)OC. The van der Waals surface area contributed by atoms with Crippen LogP contribution in [0, 0.1) is 0 Å². The average molecular weight is 173 g/mol. The average Bonchev–Trinajstić information content (AvgIpc) is 2.11. The maximum atomic E-state index is 10.9. The summed E-state index contributed by atoms with van der Waals surface area (Å²) >= 11 is 0. The summed E-state index contributed by atoms with van der Waals surface area (Å²) in [6.45, 7) is 5.14. The van der Waals surface area contributed by atoms with Crippen LogP contribution < -0.4 is 5.32 Å². The second-order valence-corrected chi connectivity index (χ2v) is 2.84. The zero-order valence-electron chi connectivity index (χ0n) is 8.22. The Morgan fingerprint density at radius 3 is 2.58 bits per heavy atom. The summed E-state index contributed by atoms with van der Waals surface area (Å²) in [7, 11) is 1.43. The Labute approximate surface area is 74.5 Å². The number of rotatable bonds is 6. The van der Waals surface area contributed by atoms with Crippen molar-refractivity contribution in [2.45, 2.75) is 39.2 Å². The molecule has 0 spiro atoms. The van der Waals surface area contributed by atoms with Gasteiger partial charge < -0.3 is 10.1 Å². The molecule has 3 heteroatoms. The first kappa shape index (κ1) is 11.4.